The summed E-state index contributed by atoms with van der Waals surface area (Å²) in [5.41, 5.74) is 16.1. The van der Waals surface area contributed by atoms with Crippen molar-refractivity contribution in [2.45, 2.75) is 19.4 Å². The first-order chi connectivity index (χ1) is 20.4. The van der Waals surface area contributed by atoms with Crippen LogP contribution < -0.4 is 21.7 Å². The Morgan fingerprint density at radius 2 is 1.93 bits per heavy atom. The number of morpholine rings is 1. The van der Waals surface area contributed by atoms with Crippen LogP contribution in [-0.4, -0.2) is 47.2 Å². The first kappa shape index (κ1) is 27.2. The predicted molar refractivity (Wildman–Crippen MR) is 163 cm³/mol. The van der Waals surface area contributed by atoms with Gasteiger partial charge in [-0.3, -0.25) is 4.79 Å². The number of ether oxygens (including phenoxy) is 1. The van der Waals surface area contributed by atoms with Crippen molar-refractivity contribution in [3.63, 3.8) is 0 Å². The highest BCUT2D eigenvalue weighted by Gasteiger charge is 2.27. The third kappa shape index (κ3) is 5.24. The molecule has 1 saturated heterocycles. The third-order valence-electron chi connectivity index (χ3n) is 7.67. The second-order valence-corrected chi connectivity index (χ2v) is 10.3. The summed E-state index contributed by atoms with van der Waals surface area (Å²) in [6, 6.07) is 17.8. The van der Waals surface area contributed by atoms with Crippen molar-refractivity contribution in [3.05, 3.63) is 101 Å². The average molecular weight is 566 g/mol. The van der Waals surface area contributed by atoms with Gasteiger partial charge in [-0.2, -0.15) is 0 Å². The lowest BCUT2D eigenvalue weighted by molar-refractivity contribution is 0.100. The van der Waals surface area contributed by atoms with E-state index in [9.17, 15) is 4.79 Å². The summed E-state index contributed by atoms with van der Waals surface area (Å²) in [7, 11) is 0. The number of nitrogens with one attached hydrogen (secondary N) is 2. The fourth-order valence-corrected chi connectivity index (χ4v) is 5.44. The molecule has 1 aliphatic rings. The molecule has 3 aromatic carbocycles. The van der Waals surface area contributed by atoms with Gasteiger partial charge in [0.15, 0.2) is 5.82 Å². The quantitative estimate of drug-likeness (QED) is 0.207. The number of hydrogen-bond acceptors (Lipinski definition) is 7. The number of carbonyl (C=O) groups is 1. The van der Waals surface area contributed by atoms with Crippen molar-refractivity contribution in [1.82, 2.24) is 15.0 Å². The van der Waals surface area contributed by atoms with Crippen molar-refractivity contribution in [2.24, 2.45) is 5.73 Å². The average Bonchev–Trinajstić information content (AvgIpc) is 3.51. The zero-order valence-corrected chi connectivity index (χ0v) is 23.2. The van der Waals surface area contributed by atoms with Crippen molar-refractivity contribution >= 4 is 33.9 Å². The molecule has 6 N–H and O–H groups in total. The van der Waals surface area contributed by atoms with Gasteiger partial charge in [0.05, 0.1) is 30.8 Å². The Bertz CT molecular complexity index is 1760. The molecule has 0 radical (unpaired) electrons. The number of pyridine rings is 1. The number of fused-ring (bicyclic) bond motifs is 1. The van der Waals surface area contributed by atoms with Crippen LogP contribution in [0.15, 0.2) is 73.1 Å². The van der Waals surface area contributed by atoms with Crippen LogP contribution in [-0.2, 0) is 11.2 Å². The van der Waals surface area contributed by atoms with Crippen LogP contribution >= 0.6 is 0 Å². The summed E-state index contributed by atoms with van der Waals surface area (Å²) in [4.78, 5) is 26.4. The molecule has 10 heteroatoms. The van der Waals surface area contributed by atoms with E-state index < -0.39 is 11.9 Å². The SMILES string of the molecule is CCc1cc(C(Nc2ccc3c(N)nccc3c2)c2ncc(-c3ccccc3C(N)=O)[nH]2)c(F)c(N2CCOCC2)c1. The number of halogens is 1. The molecule has 9 nitrogen and oxygen atoms in total. The Hall–Kier alpha value is -4.96. The van der Waals surface area contributed by atoms with Gasteiger partial charge in [0.25, 0.3) is 0 Å². The fourth-order valence-electron chi connectivity index (χ4n) is 5.44. The maximum absolute atomic E-state index is 16.6. The standard InChI is InChI=1S/C32H32FN7O2/c1-2-19-15-25(28(33)27(16-19)40-11-13-42-14-12-40)29(38-21-7-8-22-20(17-21)9-10-36-30(22)34)32-37-18-26(39-32)23-5-3-4-6-24(23)31(35)41/h3-10,15-18,29,38H,2,11-14H2,1H3,(H2,34,36)(H2,35,41)(H,37,39). The van der Waals surface area contributed by atoms with E-state index >= 15 is 4.39 Å². The van der Waals surface area contributed by atoms with Crippen molar-refractivity contribution in [2.75, 3.05) is 42.3 Å². The Balaban J connectivity index is 1.48. The molecule has 1 amide bonds. The lowest BCUT2D eigenvalue weighted by Crippen LogP contribution is -2.37. The summed E-state index contributed by atoms with van der Waals surface area (Å²) in [5.74, 6) is 0.0597. The highest BCUT2D eigenvalue weighted by atomic mass is 19.1. The Kier molecular flexibility index (Phi) is 7.45. The zero-order valence-electron chi connectivity index (χ0n) is 23.2. The lowest BCUT2D eigenvalue weighted by atomic mass is 9.98. The number of aryl methyl sites for hydroxylation is 1. The largest absolute Gasteiger partial charge is 0.383 e. The summed E-state index contributed by atoms with van der Waals surface area (Å²) in [6.45, 7) is 4.36. The van der Waals surface area contributed by atoms with E-state index in [1.807, 2.05) is 47.4 Å². The molecule has 6 rings (SSSR count). The van der Waals surface area contributed by atoms with E-state index in [0.29, 0.717) is 66.0 Å². The van der Waals surface area contributed by atoms with Crippen LogP contribution in [0.2, 0.25) is 0 Å². The minimum atomic E-state index is -0.692. The number of nitrogen functional groups attached to an aromatic ring is 1. The highest BCUT2D eigenvalue weighted by Crippen LogP contribution is 2.35. The number of carbonyl (C=O) groups excluding carboxylic acids is 1. The van der Waals surface area contributed by atoms with Gasteiger partial charge in [-0.05, 0) is 53.8 Å². The number of anilines is 3. The van der Waals surface area contributed by atoms with Crippen molar-refractivity contribution < 1.29 is 13.9 Å². The molecule has 2 aromatic heterocycles. The molecule has 1 aliphatic heterocycles. The van der Waals surface area contributed by atoms with Gasteiger partial charge in [-0.1, -0.05) is 31.2 Å². The van der Waals surface area contributed by atoms with Gasteiger partial charge >= 0.3 is 0 Å². The minimum Gasteiger partial charge on any atom is -0.383 e. The summed E-state index contributed by atoms with van der Waals surface area (Å²) < 4.78 is 22.1. The fraction of sp³-hybridized carbons (Fsp3) is 0.219. The monoisotopic (exact) mass is 565 g/mol. The number of benzene rings is 3. The van der Waals surface area contributed by atoms with E-state index in [1.54, 1.807) is 30.6 Å². The Labute approximate surface area is 242 Å². The van der Waals surface area contributed by atoms with Gasteiger partial charge in [0.2, 0.25) is 5.91 Å². The summed E-state index contributed by atoms with van der Waals surface area (Å²) in [5, 5.41) is 5.25. The van der Waals surface area contributed by atoms with E-state index in [2.05, 4.69) is 27.2 Å². The van der Waals surface area contributed by atoms with E-state index in [4.69, 9.17) is 16.2 Å². The number of rotatable bonds is 8. The van der Waals surface area contributed by atoms with Crippen molar-refractivity contribution in [1.29, 1.82) is 0 Å². The molecule has 1 atom stereocenters. The highest BCUT2D eigenvalue weighted by molar-refractivity contribution is 5.99. The maximum atomic E-state index is 16.6. The number of hydrogen-bond donors (Lipinski definition) is 4. The number of primary amides is 1. The van der Waals surface area contributed by atoms with Crippen LogP contribution in [0, 0.1) is 5.82 Å². The van der Waals surface area contributed by atoms with Crippen LogP contribution in [0.3, 0.4) is 0 Å². The molecular formula is C32H32FN7O2. The number of aromatic amines is 1. The molecule has 1 fully saturated rings. The van der Waals surface area contributed by atoms with Crippen LogP contribution in [0.25, 0.3) is 22.0 Å². The summed E-state index contributed by atoms with van der Waals surface area (Å²) >= 11 is 0. The first-order valence-corrected chi connectivity index (χ1v) is 13.9. The van der Waals surface area contributed by atoms with E-state index in [-0.39, 0.29) is 5.82 Å². The first-order valence-electron chi connectivity index (χ1n) is 13.9. The van der Waals surface area contributed by atoms with Gasteiger partial charge in [0, 0.05) is 47.1 Å². The van der Waals surface area contributed by atoms with Gasteiger partial charge in [-0.25, -0.2) is 14.4 Å². The molecule has 0 saturated carbocycles. The maximum Gasteiger partial charge on any atom is 0.249 e. The molecule has 42 heavy (non-hydrogen) atoms. The van der Waals surface area contributed by atoms with Crippen molar-refractivity contribution in [3.8, 4) is 11.3 Å². The number of aromatic nitrogens is 3. The smallest absolute Gasteiger partial charge is 0.249 e. The Morgan fingerprint density at radius 3 is 2.71 bits per heavy atom. The normalized spacial score (nSPS) is 14.2. The van der Waals surface area contributed by atoms with Gasteiger partial charge in [0.1, 0.15) is 17.7 Å². The molecule has 0 spiro atoms. The molecular weight excluding hydrogens is 533 g/mol. The number of H-pyrrole nitrogens is 1. The van der Waals surface area contributed by atoms with Gasteiger partial charge in [-0.15, -0.1) is 0 Å². The van der Waals surface area contributed by atoms with E-state index in [0.717, 1.165) is 28.4 Å². The lowest BCUT2D eigenvalue weighted by Gasteiger charge is -2.31. The predicted octanol–water partition coefficient (Wildman–Crippen LogP) is 5.05. The molecule has 0 bridgehead atoms. The molecule has 3 heterocycles. The van der Waals surface area contributed by atoms with Gasteiger partial charge < -0.3 is 31.4 Å². The second kappa shape index (κ2) is 11.5. The second-order valence-electron chi connectivity index (χ2n) is 10.3. The summed E-state index contributed by atoms with van der Waals surface area (Å²) in [6.07, 6.45) is 4.03. The number of nitrogens with two attached hydrogens (primary N) is 2. The van der Waals surface area contributed by atoms with E-state index in [1.165, 1.54) is 0 Å². The molecule has 1 unspecified atom stereocenters. The minimum absolute atomic E-state index is 0.323. The van der Waals surface area contributed by atoms with Crippen LogP contribution in [0.1, 0.15) is 40.3 Å². The van der Waals surface area contributed by atoms with Crippen LogP contribution in [0.4, 0.5) is 21.6 Å². The molecule has 0 aliphatic carbocycles. The molecule has 214 valence electrons. The Morgan fingerprint density at radius 1 is 1.12 bits per heavy atom. The number of nitrogens with zero attached hydrogens (tertiary/aromatic N) is 3. The third-order valence-corrected chi connectivity index (χ3v) is 7.67. The number of imidazole rings is 1. The molecule has 5 aromatic rings. The van der Waals surface area contributed by atoms with Crippen LogP contribution in [0.5, 0.6) is 0 Å². The zero-order chi connectivity index (χ0) is 29.2. The topological polar surface area (TPSA) is 135 Å². The number of amides is 1.